The molecule has 0 N–H and O–H groups in total. The molecule has 1 fully saturated rings. The van der Waals surface area contributed by atoms with Crippen molar-refractivity contribution in [2.45, 2.75) is 54.6 Å². The molecule has 0 unspecified atom stereocenters. The van der Waals surface area contributed by atoms with Crippen LogP contribution in [-0.2, 0) is 0 Å². The quantitative estimate of drug-likeness (QED) is 0.581. The van der Waals surface area contributed by atoms with Gasteiger partial charge in [0.25, 0.3) is 0 Å². The zero-order valence-electron chi connectivity index (χ0n) is 8.48. The fourth-order valence-electron chi connectivity index (χ4n) is 2.13. The van der Waals surface area contributed by atoms with Crippen LogP contribution in [0.1, 0.15) is 32.6 Å². The summed E-state index contributed by atoms with van der Waals surface area (Å²) in [7, 11) is 0. The van der Waals surface area contributed by atoms with E-state index in [1.54, 1.807) is 12.8 Å². The molecule has 0 aromatic heterocycles. The second-order valence-electron chi connectivity index (χ2n) is 5.32. The SMILES string of the molecule is CC1CC[CH]([Ge]([CH3])([CH3])[CH3])CC1. The topological polar surface area (TPSA) is 0 Å². The Bertz CT molecular complexity index is 115. The first kappa shape index (κ1) is 9.63. The first-order valence-electron chi connectivity index (χ1n) is 5.00. The van der Waals surface area contributed by atoms with Crippen LogP contribution >= 0.6 is 0 Å². The third-order valence-electron chi connectivity index (χ3n) is 3.24. The van der Waals surface area contributed by atoms with Crippen LogP contribution in [0.15, 0.2) is 0 Å². The molecule has 0 amide bonds. The molecule has 0 bridgehead atoms. The molecule has 1 rings (SSSR count). The van der Waals surface area contributed by atoms with E-state index < -0.39 is 13.3 Å². The first-order chi connectivity index (χ1) is 5.00. The van der Waals surface area contributed by atoms with Crippen LogP contribution in [-0.4, -0.2) is 13.3 Å². The van der Waals surface area contributed by atoms with Gasteiger partial charge in [0, 0.05) is 0 Å². The van der Waals surface area contributed by atoms with Crippen molar-refractivity contribution in [2.24, 2.45) is 5.92 Å². The normalized spacial score (nSPS) is 33.8. The summed E-state index contributed by atoms with van der Waals surface area (Å²) in [5.74, 6) is 8.73. The third kappa shape index (κ3) is 2.81. The van der Waals surface area contributed by atoms with E-state index >= 15 is 0 Å². The van der Waals surface area contributed by atoms with E-state index in [0.29, 0.717) is 0 Å². The van der Waals surface area contributed by atoms with Crippen molar-refractivity contribution in [3.05, 3.63) is 0 Å². The molecule has 1 saturated carbocycles. The molecule has 0 aromatic carbocycles. The molecule has 0 aliphatic heterocycles. The van der Waals surface area contributed by atoms with Crippen LogP contribution in [0.5, 0.6) is 0 Å². The summed E-state index contributed by atoms with van der Waals surface area (Å²) in [6.45, 7) is 2.41. The van der Waals surface area contributed by atoms with Crippen molar-refractivity contribution in [3.8, 4) is 0 Å². The van der Waals surface area contributed by atoms with Gasteiger partial charge < -0.3 is 0 Å². The van der Waals surface area contributed by atoms with E-state index in [4.69, 9.17) is 0 Å². The first-order valence-corrected chi connectivity index (χ1v) is 12.5. The molecular formula is C10H22Ge. The Hall–Kier alpha value is 0.543. The molecule has 1 heteroatoms. The summed E-state index contributed by atoms with van der Waals surface area (Å²) in [6.07, 6.45) is 6.11. The van der Waals surface area contributed by atoms with Gasteiger partial charge in [-0.3, -0.25) is 0 Å². The van der Waals surface area contributed by atoms with Crippen LogP contribution < -0.4 is 0 Å². The Labute approximate surface area is 74.1 Å². The van der Waals surface area contributed by atoms with Crippen molar-refractivity contribution in [3.63, 3.8) is 0 Å². The third-order valence-corrected chi connectivity index (χ3v) is 9.59. The Kier molecular flexibility index (Phi) is 3.07. The zero-order chi connectivity index (χ0) is 8.48. The minimum atomic E-state index is -1.26. The molecule has 0 atom stereocenters. The van der Waals surface area contributed by atoms with E-state index in [-0.39, 0.29) is 0 Å². The van der Waals surface area contributed by atoms with Crippen molar-refractivity contribution >= 4 is 13.3 Å². The van der Waals surface area contributed by atoms with Crippen molar-refractivity contribution in [1.82, 2.24) is 0 Å². The minimum absolute atomic E-state index is 1.02. The molecule has 0 saturated heterocycles. The van der Waals surface area contributed by atoms with Gasteiger partial charge in [0.1, 0.15) is 0 Å². The molecule has 0 radical (unpaired) electrons. The van der Waals surface area contributed by atoms with Gasteiger partial charge in [0.2, 0.25) is 0 Å². The van der Waals surface area contributed by atoms with Gasteiger partial charge in [-0.25, -0.2) is 0 Å². The van der Waals surface area contributed by atoms with Crippen LogP contribution in [0.25, 0.3) is 0 Å². The summed E-state index contributed by atoms with van der Waals surface area (Å²) < 4.78 is 1.17. The van der Waals surface area contributed by atoms with Crippen molar-refractivity contribution < 1.29 is 0 Å². The maximum atomic E-state index is 2.57. The van der Waals surface area contributed by atoms with Gasteiger partial charge in [-0.2, -0.15) is 0 Å². The number of rotatable bonds is 1. The van der Waals surface area contributed by atoms with E-state index in [1.165, 1.54) is 17.6 Å². The van der Waals surface area contributed by atoms with Crippen molar-refractivity contribution in [1.29, 1.82) is 0 Å². The average molecular weight is 215 g/mol. The fraction of sp³-hybridized carbons (Fsp3) is 1.00. The fourth-order valence-corrected chi connectivity index (χ4v) is 6.46. The monoisotopic (exact) mass is 216 g/mol. The molecule has 1 aliphatic carbocycles. The van der Waals surface area contributed by atoms with Gasteiger partial charge in [-0.15, -0.1) is 0 Å². The summed E-state index contributed by atoms with van der Waals surface area (Å²) in [4.78, 5) is 0. The Morgan fingerprint density at radius 3 is 1.73 bits per heavy atom. The molecule has 1 aliphatic rings. The Balaban J connectivity index is 2.39. The second-order valence-corrected chi connectivity index (χ2v) is 17.0. The van der Waals surface area contributed by atoms with E-state index in [1.807, 2.05) is 0 Å². The molecule has 0 aromatic rings. The van der Waals surface area contributed by atoms with Crippen LogP contribution in [0.3, 0.4) is 0 Å². The van der Waals surface area contributed by atoms with E-state index in [9.17, 15) is 0 Å². The predicted molar refractivity (Wildman–Crippen MR) is 54.7 cm³/mol. The summed E-state index contributed by atoms with van der Waals surface area (Å²) in [6, 6.07) is 0. The second kappa shape index (κ2) is 3.51. The maximum absolute atomic E-state index is 2.57. The Morgan fingerprint density at radius 1 is 0.909 bits per heavy atom. The van der Waals surface area contributed by atoms with E-state index in [0.717, 1.165) is 5.92 Å². The Morgan fingerprint density at radius 2 is 1.36 bits per heavy atom. The van der Waals surface area contributed by atoms with E-state index in [2.05, 4.69) is 24.2 Å². The summed E-state index contributed by atoms with van der Waals surface area (Å²) >= 11 is -1.26. The van der Waals surface area contributed by atoms with Gasteiger partial charge in [-0.05, 0) is 0 Å². The van der Waals surface area contributed by atoms with Gasteiger partial charge in [-0.1, -0.05) is 0 Å². The van der Waals surface area contributed by atoms with Crippen LogP contribution in [0.2, 0.25) is 22.0 Å². The van der Waals surface area contributed by atoms with Crippen molar-refractivity contribution in [2.75, 3.05) is 0 Å². The zero-order valence-corrected chi connectivity index (χ0v) is 10.6. The van der Waals surface area contributed by atoms with Gasteiger partial charge in [0.05, 0.1) is 0 Å². The van der Waals surface area contributed by atoms with Gasteiger partial charge in [0.15, 0.2) is 0 Å². The summed E-state index contributed by atoms with van der Waals surface area (Å²) in [5, 5.41) is 0. The van der Waals surface area contributed by atoms with Crippen LogP contribution in [0.4, 0.5) is 0 Å². The molecule has 66 valence electrons. The van der Waals surface area contributed by atoms with Crippen LogP contribution in [0, 0.1) is 5.92 Å². The number of hydrogen-bond donors (Lipinski definition) is 0. The molecule has 0 spiro atoms. The summed E-state index contributed by atoms with van der Waals surface area (Å²) in [5.41, 5.74) is 0. The average Bonchev–Trinajstić information content (AvgIpc) is 1.86. The molecule has 0 heterocycles. The predicted octanol–water partition coefficient (Wildman–Crippen LogP) is 3.90. The molecule has 0 nitrogen and oxygen atoms in total. The number of hydrogen-bond acceptors (Lipinski definition) is 0. The van der Waals surface area contributed by atoms with Gasteiger partial charge >= 0.3 is 73.8 Å². The molecule has 11 heavy (non-hydrogen) atoms. The standard InChI is InChI=1S/C10H22Ge/c1-9-5-7-10(8-6-9)11(2,3)4/h9-10H,5-8H2,1-4H3. The molecular weight excluding hydrogens is 193 g/mol.